The third kappa shape index (κ3) is 4.17. The van der Waals surface area contributed by atoms with Crippen LogP contribution in [0.2, 0.25) is 0 Å². The van der Waals surface area contributed by atoms with E-state index in [0.29, 0.717) is 10.2 Å². The number of benzene rings is 1. The van der Waals surface area contributed by atoms with Crippen molar-refractivity contribution in [1.82, 2.24) is 5.32 Å². The highest BCUT2D eigenvalue weighted by atomic mass is 79.9. The van der Waals surface area contributed by atoms with Gasteiger partial charge in [0.1, 0.15) is 5.82 Å². The van der Waals surface area contributed by atoms with Crippen molar-refractivity contribution < 1.29 is 23.1 Å². The van der Waals surface area contributed by atoms with Gasteiger partial charge in [0, 0.05) is 0 Å². The lowest BCUT2D eigenvalue weighted by molar-refractivity contribution is -0.141. The van der Waals surface area contributed by atoms with E-state index in [-0.39, 0.29) is 12.2 Å². The van der Waals surface area contributed by atoms with Crippen LogP contribution in [-0.4, -0.2) is 19.0 Å². The molecule has 5 nitrogen and oxygen atoms in total. The number of methoxy groups -OCH3 is 1. The second kappa shape index (κ2) is 7.22. The Hall–Kier alpha value is -2.15. The lowest BCUT2D eigenvalue weighted by Crippen LogP contribution is -2.30. The zero-order valence-electron chi connectivity index (χ0n) is 11.6. The van der Waals surface area contributed by atoms with Crippen LogP contribution in [0.1, 0.15) is 28.6 Å². The molecule has 2 aromatic rings. The number of hydrogen-bond donors (Lipinski definition) is 1. The quantitative estimate of drug-likeness (QED) is 0.821. The van der Waals surface area contributed by atoms with Gasteiger partial charge in [-0.3, -0.25) is 9.59 Å². The molecule has 1 aromatic carbocycles. The van der Waals surface area contributed by atoms with Gasteiger partial charge in [-0.25, -0.2) is 4.39 Å². The maximum Gasteiger partial charge on any atom is 0.307 e. The van der Waals surface area contributed by atoms with E-state index in [1.165, 1.54) is 37.4 Å². The van der Waals surface area contributed by atoms with Gasteiger partial charge in [0.2, 0.25) is 0 Å². The fraction of sp³-hybridized carbons (Fsp3) is 0.200. The van der Waals surface area contributed by atoms with Crippen molar-refractivity contribution in [2.24, 2.45) is 0 Å². The molecule has 1 atom stereocenters. The average molecular weight is 370 g/mol. The van der Waals surface area contributed by atoms with Crippen LogP contribution in [0.25, 0.3) is 0 Å². The number of carbonyl (C=O) groups excluding carboxylic acids is 2. The third-order valence-corrected chi connectivity index (χ3v) is 3.40. The molecule has 0 radical (unpaired) electrons. The zero-order chi connectivity index (χ0) is 16.1. The molecule has 0 unspecified atom stereocenters. The fourth-order valence-corrected chi connectivity index (χ4v) is 2.17. The van der Waals surface area contributed by atoms with Crippen molar-refractivity contribution in [3.8, 4) is 0 Å². The number of carbonyl (C=O) groups is 2. The van der Waals surface area contributed by atoms with Crippen LogP contribution in [-0.2, 0) is 9.53 Å². The topological polar surface area (TPSA) is 68.5 Å². The molecule has 0 aliphatic heterocycles. The number of hydrogen-bond acceptors (Lipinski definition) is 4. The zero-order valence-corrected chi connectivity index (χ0v) is 13.2. The van der Waals surface area contributed by atoms with Crippen LogP contribution in [0.3, 0.4) is 0 Å². The number of furan rings is 1. The summed E-state index contributed by atoms with van der Waals surface area (Å²) >= 11 is 3.11. The first-order valence-electron chi connectivity index (χ1n) is 6.38. The van der Waals surface area contributed by atoms with Crippen molar-refractivity contribution in [1.29, 1.82) is 0 Å². The Bertz CT molecular complexity index is 668. The van der Waals surface area contributed by atoms with Gasteiger partial charge in [-0.1, -0.05) is 12.1 Å². The Balaban J connectivity index is 2.18. The highest BCUT2D eigenvalue weighted by Crippen LogP contribution is 2.20. The second-order valence-electron chi connectivity index (χ2n) is 4.46. The first-order chi connectivity index (χ1) is 10.5. The minimum Gasteiger partial charge on any atom is -0.469 e. The predicted molar refractivity (Wildman–Crippen MR) is 79.6 cm³/mol. The molecule has 116 valence electrons. The normalized spacial score (nSPS) is 11.8. The number of rotatable bonds is 5. The Labute approximate surface area is 134 Å². The van der Waals surface area contributed by atoms with Gasteiger partial charge in [0.25, 0.3) is 5.91 Å². The molecule has 1 aromatic heterocycles. The van der Waals surface area contributed by atoms with Crippen LogP contribution in [0.4, 0.5) is 4.39 Å². The smallest absolute Gasteiger partial charge is 0.307 e. The number of esters is 1. The summed E-state index contributed by atoms with van der Waals surface area (Å²) in [6.07, 6.45) is -0.0737. The van der Waals surface area contributed by atoms with Gasteiger partial charge in [-0.05, 0) is 45.8 Å². The van der Waals surface area contributed by atoms with Crippen molar-refractivity contribution >= 4 is 27.8 Å². The molecular weight excluding hydrogens is 357 g/mol. The summed E-state index contributed by atoms with van der Waals surface area (Å²) in [4.78, 5) is 23.6. The molecule has 0 spiro atoms. The standard InChI is InChI=1S/C15H13BrFNO4/c1-21-14(19)8-11(9-2-4-10(17)5-3-9)18-15(20)12-6-7-13(16)22-12/h2-7,11H,8H2,1H3,(H,18,20)/t11-/m1/s1. The molecule has 2 rings (SSSR count). The molecule has 1 amide bonds. The van der Waals surface area contributed by atoms with Gasteiger partial charge in [0.15, 0.2) is 10.4 Å². The first-order valence-corrected chi connectivity index (χ1v) is 7.17. The van der Waals surface area contributed by atoms with E-state index in [9.17, 15) is 14.0 Å². The third-order valence-electron chi connectivity index (χ3n) is 2.97. The van der Waals surface area contributed by atoms with Crippen LogP contribution >= 0.6 is 15.9 Å². The molecule has 22 heavy (non-hydrogen) atoms. The molecule has 1 N–H and O–H groups in total. The molecule has 1 heterocycles. The Morgan fingerprint density at radius 2 is 1.95 bits per heavy atom. The fourth-order valence-electron chi connectivity index (χ4n) is 1.86. The molecule has 0 bridgehead atoms. The van der Waals surface area contributed by atoms with E-state index >= 15 is 0 Å². The maximum absolute atomic E-state index is 13.0. The number of nitrogens with one attached hydrogen (secondary N) is 1. The minimum absolute atomic E-state index is 0.0737. The molecular formula is C15H13BrFNO4. The SMILES string of the molecule is COC(=O)C[C@@H](NC(=O)c1ccc(Br)o1)c1ccc(F)cc1. The van der Waals surface area contributed by atoms with E-state index in [1.807, 2.05) is 0 Å². The summed E-state index contributed by atoms with van der Waals surface area (Å²) in [5.74, 6) is -1.27. The maximum atomic E-state index is 13.0. The summed E-state index contributed by atoms with van der Waals surface area (Å²) < 4.78 is 23.2. The lowest BCUT2D eigenvalue weighted by atomic mass is 10.0. The van der Waals surface area contributed by atoms with Gasteiger partial charge in [-0.2, -0.15) is 0 Å². The highest BCUT2D eigenvalue weighted by molar-refractivity contribution is 9.10. The number of amides is 1. The van der Waals surface area contributed by atoms with E-state index in [0.717, 1.165) is 0 Å². The van der Waals surface area contributed by atoms with E-state index in [4.69, 9.17) is 4.42 Å². The predicted octanol–water partition coefficient (Wildman–Crippen LogP) is 3.22. The van der Waals surface area contributed by atoms with Crippen molar-refractivity contribution in [3.05, 3.63) is 58.2 Å². The lowest BCUT2D eigenvalue weighted by Gasteiger charge is -2.17. The second-order valence-corrected chi connectivity index (χ2v) is 5.24. The number of ether oxygens (including phenoxy) is 1. The van der Waals surface area contributed by atoms with Crippen LogP contribution in [0.5, 0.6) is 0 Å². The van der Waals surface area contributed by atoms with Crippen molar-refractivity contribution in [2.75, 3.05) is 7.11 Å². The molecule has 0 aliphatic carbocycles. The van der Waals surface area contributed by atoms with Gasteiger partial charge in [0.05, 0.1) is 19.6 Å². The highest BCUT2D eigenvalue weighted by Gasteiger charge is 2.21. The van der Waals surface area contributed by atoms with E-state index in [2.05, 4.69) is 26.0 Å². The van der Waals surface area contributed by atoms with Crippen molar-refractivity contribution in [2.45, 2.75) is 12.5 Å². The van der Waals surface area contributed by atoms with E-state index < -0.39 is 23.7 Å². The molecule has 7 heteroatoms. The summed E-state index contributed by atoms with van der Waals surface area (Å²) in [5, 5.41) is 2.67. The summed E-state index contributed by atoms with van der Waals surface area (Å²) in [5.41, 5.74) is 0.589. The Morgan fingerprint density at radius 1 is 1.27 bits per heavy atom. The largest absolute Gasteiger partial charge is 0.469 e. The minimum atomic E-state index is -0.649. The molecule has 0 saturated heterocycles. The molecule has 0 saturated carbocycles. The summed E-state index contributed by atoms with van der Waals surface area (Å²) in [6.45, 7) is 0. The van der Waals surface area contributed by atoms with E-state index in [1.54, 1.807) is 6.07 Å². The van der Waals surface area contributed by atoms with Crippen LogP contribution in [0, 0.1) is 5.82 Å². The van der Waals surface area contributed by atoms with Gasteiger partial charge >= 0.3 is 5.97 Å². The van der Waals surface area contributed by atoms with Crippen LogP contribution < -0.4 is 5.32 Å². The van der Waals surface area contributed by atoms with Crippen LogP contribution in [0.15, 0.2) is 45.5 Å². The number of halogens is 2. The molecule has 0 aliphatic rings. The monoisotopic (exact) mass is 369 g/mol. The Kier molecular flexibility index (Phi) is 5.32. The van der Waals surface area contributed by atoms with Gasteiger partial charge in [-0.15, -0.1) is 0 Å². The average Bonchev–Trinajstić information content (AvgIpc) is 2.94. The summed E-state index contributed by atoms with van der Waals surface area (Å²) in [7, 11) is 1.26. The first kappa shape index (κ1) is 16.2. The summed E-state index contributed by atoms with van der Waals surface area (Å²) in [6, 6.07) is 7.96. The molecule has 0 fully saturated rings. The van der Waals surface area contributed by atoms with Gasteiger partial charge < -0.3 is 14.5 Å². The Morgan fingerprint density at radius 3 is 2.50 bits per heavy atom. The van der Waals surface area contributed by atoms with Crippen molar-refractivity contribution in [3.63, 3.8) is 0 Å².